The third kappa shape index (κ3) is 2.57. The first-order chi connectivity index (χ1) is 8.72. The van der Waals surface area contributed by atoms with Crippen molar-refractivity contribution in [3.05, 3.63) is 36.0 Å². The van der Waals surface area contributed by atoms with Crippen LogP contribution in [0.3, 0.4) is 0 Å². The van der Waals surface area contributed by atoms with Crippen LogP contribution >= 0.6 is 0 Å². The third-order valence-electron chi connectivity index (χ3n) is 2.44. The Morgan fingerprint density at radius 3 is 2.83 bits per heavy atom. The highest BCUT2D eigenvalue weighted by Crippen LogP contribution is 2.25. The van der Waals surface area contributed by atoms with Crippen LogP contribution < -0.4 is 4.74 Å². The van der Waals surface area contributed by atoms with Gasteiger partial charge in [0.15, 0.2) is 5.69 Å². The van der Waals surface area contributed by atoms with E-state index in [2.05, 4.69) is 4.98 Å². The average molecular weight is 247 g/mol. The van der Waals surface area contributed by atoms with Crippen molar-refractivity contribution in [2.75, 3.05) is 20.3 Å². The van der Waals surface area contributed by atoms with Gasteiger partial charge in [0.2, 0.25) is 0 Å². The Labute approximate surface area is 104 Å². The molecule has 2 aromatic rings. The van der Waals surface area contributed by atoms with Crippen LogP contribution in [0.2, 0.25) is 0 Å². The molecule has 0 unspecified atom stereocenters. The number of aromatic nitrogens is 1. The van der Waals surface area contributed by atoms with E-state index < -0.39 is 5.97 Å². The molecular formula is C13H13NO4. The number of nitrogens with zero attached hydrogens (tertiary/aromatic N) is 1. The van der Waals surface area contributed by atoms with E-state index in [0.29, 0.717) is 24.5 Å². The van der Waals surface area contributed by atoms with Crippen LogP contribution in [0, 0.1) is 0 Å². The highest BCUT2D eigenvalue weighted by molar-refractivity contribution is 5.93. The molecule has 94 valence electrons. The van der Waals surface area contributed by atoms with Crippen LogP contribution in [-0.2, 0) is 4.74 Å². The number of carbonyl (C=O) groups is 1. The summed E-state index contributed by atoms with van der Waals surface area (Å²) in [7, 11) is 1.58. The number of pyridine rings is 1. The Hall–Kier alpha value is -2.14. The number of ether oxygens (including phenoxy) is 2. The smallest absolute Gasteiger partial charge is 0.354 e. The predicted molar refractivity (Wildman–Crippen MR) is 66.1 cm³/mol. The Kier molecular flexibility index (Phi) is 3.74. The van der Waals surface area contributed by atoms with Crippen molar-refractivity contribution < 1.29 is 19.4 Å². The molecule has 0 aliphatic carbocycles. The standard InChI is InChI=1S/C13H13NO4/c1-17-6-7-18-12-8-11(13(15)16)14-10-5-3-2-4-9(10)12/h2-5,8H,6-7H2,1H3,(H,15,16). The molecule has 5 heteroatoms. The second-order valence-corrected chi connectivity index (χ2v) is 3.67. The SMILES string of the molecule is COCCOc1cc(C(=O)O)nc2ccccc12. The fourth-order valence-corrected chi connectivity index (χ4v) is 1.61. The summed E-state index contributed by atoms with van der Waals surface area (Å²) in [5, 5.41) is 9.79. The van der Waals surface area contributed by atoms with Gasteiger partial charge >= 0.3 is 5.97 Å². The third-order valence-corrected chi connectivity index (χ3v) is 2.44. The summed E-state index contributed by atoms with van der Waals surface area (Å²) in [5.41, 5.74) is 0.575. The van der Waals surface area contributed by atoms with Crippen molar-refractivity contribution in [1.82, 2.24) is 4.98 Å². The van der Waals surface area contributed by atoms with Crippen LogP contribution in [0.5, 0.6) is 5.75 Å². The van der Waals surface area contributed by atoms with E-state index >= 15 is 0 Å². The number of carboxylic acid groups (broad SMARTS) is 1. The maximum atomic E-state index is 11.0. The van der Waals surface area contributed by atoms with Crippen molar-refractivity contribution in [2.45, 2.75) is 0 Å². The molecule has 0 aliphatic rings. The van der Waals surface area contributed by atoms with E-state index in [1.54, 1.807) is 19.2 Å². The molecule has 1 aromatic carbocycles. The molecule has 0 bridgehead atoms. The minimum Gasteiger partial charge on any atom is -0.490 e. The van der Waals surface area contributed by atoms with E-state index in [4.69, 9.17) is 14.6 Å². The summed E-state index contributed by atoms with van der Waals surface area (Å²) in [4.78, 5) is 15.0. The number of methoxy groups -OCH3 is 1. The molecule has 1 aromatic heterocycles. The molecule has 1 N–H and O–H groups in total. The van der Waals surface area contributed by atoms with Gasteiger partial charge < -0.3 is 14.6 Å². The minimum absolute atomic E-state index is 0.0267. The molecule has 18 heavy (non-hydrogen) atoms. The quantitative estimate of drug-likeness (QED) is 0.818. The van der Waals surface area contributed by atoms with E-state index in [1.807, 2.05) is 12.1 Å². The monoisotopic (exact) mass is 247 g/mol. The zero-order valence-electron chi connectivity index (χ0n) is 9.92. The van der Waals surface area contributed by atoms with Crippen molar-refractivity contribution in [3.8, 4) is 5.75 Å². The van der Waals surface area contributed by atoms with E-state index in [1.165, 1.54) is 6.07 Å². The van der Waals surface area contributed by atoms with Crippen molar-refractivity contribution in [2.24, 2.45) is 0 Å². The van der Waals surface area contributed by atoms with Gasteiger partial charge in [-0.15, -0.1) is 0 Å². The number of rotatable bonds is 5. The van der Waals surface area contributed by atoms with Gasteiger partial charge in [-0.3, -0.25) is 0 Å². The van der Waals surface area contributed by atoms with Gasteiger partial charge in [-0.1, -0.05) is 12.1 Å². The average Bonchev–Trinajstić information content (AvgIpc) is 2.38. The molecule has 1 heterocycles. The number of para-hydroxylation sites is 1. The lowest BCUT2D eigenvalue weighted by atomic mass is 10.2. The fraction of sp³-hybridized carbons (Fsp3) is 0.231. The molecular weight excluding hydrogens is 234 g/mol. The van der Waals surface area contributed by atoms with Crippen molar-refractivity contribution in [1.29, 1.82) is 0 Å². The van der Waals surface area contributed by atoms with Crippen LogP contribution in [0.4, 0.5) is 0 Å². The van der Waals surface area contributed by atoms with E-state index in [0.717, 1.165) is 5.39 Å². The van der Waals surface area contributed by atoms with Gasteiger partial charge in [-0.2, -0.15) is 0 Å². The van der Waals surface area contributed by atoms with E-state index in [9.17, 15) is 4.79 Å². The number of hydrogen-bond donors (Lipinski definition) is 1. The Morgan fingerprint density at radius 2 is 2.11 bits per heavy atom. The summed E-state index contributed by atoms with van der Waals surface area (Å²) in [6.45, 7) is 0.808. The zero-order chi connectivity index (χ0) is 13.0. The van der Waals surface area contributed by atoms with Gasteiger partial charge in [0.25, 0.3) is 0 Å². The molecule has 0 aliphatic heterocycles. The van der Waals surface area contributed by atoms with Crippen molar-refractivity contribution >= 4 is 16.9 Å². The van der Waals surface area contributed by atoms with Gasteiger partial charge in [-0.25, -0.2) is 9.78 Å². The first-order valence-corrected chi connectivity index (χ1v) is 5.47. The maximum Gasteiger partial charge on any atom is 0.354 e. The van der Waals surface area contributed by atoms with Gasteiger partial charge in [0.1, 0.15) is 12.4 Å². The van der Waals surface area contributed by atoms with E-state index in [-0.39, 0.29) is 5.69 Å². The number of hydrogen-bond acceptors (Lipinski definition) is 4. The van der Waals surface area contributed by atoms with Crippen LogP contribution in [0.1, 0.15) is 10.5 Å². The normalized spacial score (nSPS) is 10.5. The first kappa shape index (κ1) is 12.3. The van der Waals surface area contributed by atoms with Crippen molar-refractivity contribution in [3.63, 3.8) is 0 Å². The molecule has 0 atom stereocenters. The van der Waals surface area contributed by atoms with Gasteiger partial charge in [0.05, 0.1) is 12.1 Å². The first-order valence-electron chi connectivity index (χ1n) is 5.47. The predicted octanol–water partition coefficient (Wildman–Crippen LogP) is 1.96. The molecule has 0 fully saturated rings. The number of fused-ring (bicyclic) bond motifs is 1. The number of carboxylic acids is 1. The molecule has 0 saturated heterocycles. The Bertz CT molecular complexity index is 568. The minimum atomic E-state index is -1.07. The second-order valence-electron chi connectivity index (χ2n) is 3.67. The molecule has 5 nitrogen and oxygen atoms in total. The fourth-order valence-electron chi connectivity index (χ4n) is 1.61. The lowest BCUT2D eigenvalue weighted by Crippen LogP contribution is -2.07. The van der Waals surface area contributed by atoms with Gasteiger partial charge in [0, 0.05) is 18.6 Å². The molecule has 0 saturated carbocycles. The Balaban J connectivity index is 2.43. The molecule has 0 amide bonds. The maximum absolute atomic E-state index is 11.0. The van der Waals surface area contributed by atoms with Crippen LogP contribution in [-0.4, -0.2) is 36.4 Å². The topological polar surface area (TPSA) is 68.7 Å². The molecule has 0 spiro atoms. The van der Waals surface area contributed by atoms with Crippen LogP contribution in [0.15, 0.2) is 30.3 Å². The highest BCUT2D eigenvalue weighted by Gasteiger charge is 2.11. The lowest BCUT2D eigenvalue weighted by molar-refractivity contribution is 0.0690. The molecule has 2 rings (SSSR count). The summed E-state index contributed by atoms with van der Waals surface area (Å²) in [6.07, 6.45) is 0. The van der Waals surface area contributed by atoms with Crippen LogP contribution in [0.25, 0.3) is 10.9 Å². The second kappa shape index (κ2) is 5.46. The zero-order valence-corrected chi connectivity index (χ0v) is 9.92. The highest BCUT2D eigenvalue weighted by atomic mass is 16.5. The Morgan fingerprint density at radius 1 is 1.33 bits per heavy atom. The van der Waals surface area contributed by atoms with Gasteiger partial charge in [-0.05, 0) is 12.1 Å². The number of aromatic carboxylic acids is 1. The summed E-state index contributed by atoms with van der Waals surface area (Å²) < 4.78 is 10.4. The molecule has 0 radical (unpaired) electrons. The number of benzene rings is 1. The summed E-state index contributed by atoms with van der Waals surface area (Å²) >= 11 is 0. The summed E-state index contributed by atoms with van der Waals surface area (Å²) in [6, 6.07) is 8.69. The lowest BCUT2D eigenvalue weighted by Gasteiger charge is -2.09. The largest absolute Gasteiger partial charge is 0.490 e. The summed E-state index contributed by atoms with van der Waals surface area (Å²) in [5.74, 6) is -0.563.